The first-order valence-electron chi connectivity index (χ1n) is 13.3. The summed E-state index contributed by atoms with van der Waals surface area (Å²) in [5.41, 5.74) is 0.0203. The van der Waals surface area contributed by atoms with Gasteiger partial charge in [-0.25, -0.2) is 0 Å². The maximum atomic E-state index is 13.3. The molecule has 2 heterocycles. The lowest BCUT2D eigenvalue weighted by atomic mass is 9.91. The highest BCUT2D eigenvalue weighted by Gasteiger charge is 2.37. The van der Waals surface area contributed by atoms with E-state index in [2.05, 4.69) is 42.8 Å². The van der Waals surface area contributed by atoms with Crippen LogP contribution < -0.4 is 5.32 Å². The average molecular weight is 449 g/mol. The zero-order chi connectivity index (χ0) is 23.1. The summed E-state index contributed by atoms with van der Waals surface area (Å²) in [5.74, 6) is 0.943. The van der Waals surface area contributed by atoms with Crippen LogP contribution in [0.3, 0.4) is 0 Å². The van der Waals surface area contributed by atoms with Gasteiger partial charge in [0.2, 0.25) is 11.8 Å². The van der Waals surface area contributed by atoms with Crippen LogP contribution in [0.1, 0.15) is 85.5 Å². The van der Waals surface area contributed by atoms with Gasteiger partial charge in [-0.15, -0.1) is 0 Å². The highest BCUT2D eigenvalue weighted by atomic mass is 16.2. The van der Waals surface area contributed by atoms with Crippen LogP contribution in [0.4, 0.5) is 0 Å². The van der Waals surface area contributed by atoms with E-state index in [0.717, 1.165) is 58.5 Å². The van der Waals surface area contributed by atoms with Gasteiger partial charge in [0.1, 0.15) is 0 Å². The molecule has 3 fully saturated rings. The minimum Gasteiger partial charge on any atom is -0.355 e. The summed E-state index contributed by atoms with van der Waals surface area (Å²) in [6.07, 6.45) is 10.4. The number of carbonyl (C=O) groups is 2. The highest BCUT2D eigenvalue weighted by molar-refractivity contribution is 5.82. The Labute approximate surface area is 196 Å². The van der Waals surface area contributed by atoms with Crippen LogP contribution >= 0.6 is 0 Å². The van der Waals surface area contributed by atoms with Crippen LogP contribution in [0.25, 0.3) is 0 Å². The molecule has 0 aromatic rings. The van der Waals surface area contributed by atoms with Crippen molar-refractivity contribution in [1.82, 2.24) is 20.0 Å². The fourth-order valence-corrected chi connectivity index (χ4v) is 5.85. The van der Waals surface area contributed by atoms with Gasteiger partial charge in [-0.2, -0.15) is 0 Å². The monoisotopic (exact) mass is 448 g/mol. The Balaban J connectivity index is 1.48. The van der Waals surface area contributed by atoms with E-state index in [9.17, 15) is 9.59 Å². The Morgan fingerprint density at radius 2 is 1.59 bits per heavy atom. The Kier molecular flexibility index (Phi) is 9.42. The standard InChI is InChI=1S/C26H48N4O2/c1-21-10-7-8-14-28(21)15-9-13-27-25(32)24(22-11-5-6-12-22)30-18-16-29(17-19-30)23(31)20-26(2,3)4/h21-22,24H,5-20H2,1-4H3,(H,27,32)/t21-,24+/m1/s1. The van der Waals surface area contributed by atoms with Gasteiger partial charge in [0, 0.05) is 51.7 Å². The van der Waals surface area contributed by atoms with Crippen LogP contribution in [0.5, 0.6) is 0 Å². The van der Waals surface area contributed by atoms with Crippen LogP contribution in [0, 0.1) is 11.3 Å². The van der Waals surface area contributed by atoms with E-state index in [1.54, 1.807) is 0 Å². The third-order valence-corrected chi connectivity index (χ3v) is 7.72. The van der Waals surface area contributed by atoms with Gasteiger partial charge < -0.3 is 15.1 Å². The maximum absolute atomic E-state index is 13.3. The van der Waals surface area contributed by atoms with Gasteiger partial charge >= 0.3 is 0 Å². The van der Waals surface area contributed by atoms with Crippen molar-refractivity contribution in [2.45, 2.75) is 97.6 Å². The first-order valence-corrected chi connectivity index (χ1v) is 13.3. The van der Waals surface area contributed by atoms with Crippen LogP contribution in [-0.2, 0) is 9.59 Å². The van der Waals surface area contributed by atoms with Crippen LogP contribution in [0.2, 0.25) is 0 Å². The number of hydrogen-bond acceptors (Lipinski definition) is 4. The lowest BCUT2D eigenvalue weighted by Crippen LogP contribution is -2.58. The molecule has 1 N–H and O–H groups in total. The van der Waals surface area contributed by atoms with E-state index in [4.69, 9.17) is 0 Å². The van der Waals surface area contributed by atoms with Crippen molar-refractivity contribution in [1.29, 1.82) is 0 Å². The van der Waals surface area contributed by atoms with E-state index < -0.39 is 0 Å². The van der Waals surface area contributed by atoms with Gasteiger partial charge in [0.05, 0.1) is 6.04 Å². The summed E-state index contributed by atoms with van der Waals surface area (Å²) in [6.45, 7) is 14.9. The number of nitrogens with one attached hydrogen (secondary N) is 1. The molecule has 1 saturated carbocycles. The first-order chi connectivity index (χ1) is 15.2. The van der Waals surface area contributed by atoms with Crippen molar-refractivity contribution >= 4 is 11.8 Å². The number of rotatable bonds is 8. The zero-order valence-corrected chi connectivity index (χ0v) is 21.2. The summed E-state index contributed by atoms with van der Waals surface area (Å²) in [5, 5.41) is 3.29. The Bertz CT molecular complexity index is 603. The van der Waals surface area contributed by atoms with E-state index in [1.165, 1.54) is 38.6 Å². The van der Waals surface area contributed by atoms with Crippen LogP contribution in [0.15, 0.2) is 0 Å². The summed E-state index contributed by atoms with van der Waals surface area (Å²) in [4.78, 5) is 32.9. The molecule has 0 spiro atoms. The Hall–Kier alpha value is -1.14. The van der Waals surface area contributed by atoms with Gasteiger partial charge in [-0.3, -0.25) is 14.5 Å². The molecule has 3 aliphatic rings. The summed E-state index contributed by atoms with van der Waals surface area (Å²) in [6, 6.07) is 0.661. The minimum atomic E-state index is -0.0220. The Morgan fingerprint density at radius 3 is 2.22 bits per heavy atom. The number of nitrogens with zero attached hydrogens (tertiary/aromatic N) is 3. The zero-order valence-electron chi connectivity index (χ0n) is 21.2. The molecule has 184 valence electrons. The lowest BCUT2D eigenvalue weighted by Gasteiger charge is -2.41. The molecule has 3 rings (SSSR count). The average Bonchev–Trinajstić information content (AvgIpc) is 3.26. The largest absolute Gasteiger partial charge is 0.355 e. The molecule has 32 heavy (non-hydrogen) atoms. The number of carbonyl (C=O) groups excluding carboxylic acids is 2. The van der Waals surface area contributed by atoms with Gasteiger partial charge in [-0.05, 0) is 56.9 Å². The molecule has 2 saturated heterocycles. The Morgan fingerprint density at radius 1 is 0.938 bits per heavy atom. The summed E-state index contributed by atoms with van der Waals surface area (Å²) >= 11 is 0. The topological polar surface area (TPSA) is 55.9 Å². The normalized spacial score (nSPS) is 25.1. The second kappa shape index (κ2) is 11.8. The molecular weight excluding hydrogens is 400 g/mol. The van der Waals surface area contributed by atoms with E-state index in [-0.39, 0.29) is 23.3 Å². The number of piperazine rings is 1. The van der Waals surface area contributed by atoms with E-state index >= 15 is 0 Å². The molecule has 0 aromatic carbocycles. The van der Waals surface area contributed by atoms with Gasteiger partial charge in [0.25, 0.3) is 0 Å². The molecule has 2 aliphatic heterocycles. The maximum Gasteiger partial charge on any atom is 0.237 e. The molecule has 6 heteroatoms. The predicted molar refractivity (Wildman–Crippen MR) is 130 cm³/mol. The molecule has 0 radical (unpaired) electrons. The summed E-state index contributed by atoms with van der Waals surface area (Å²) < 4.78 is 0. The molecule has 2 atom stereocenters. The quantitative estimate of drug-likeness (QED) is 0.578. The summed E-state index contributed by atoms with van der Waals surface area (Å²) in [7, 11) is 0. The SMILES string of the molecule is C[C@@H]1CCCCN1CCCNC(=O)[C@H](C1CCCC1)N1CCN(C(=O)CC(C)(C)C)CC1. The van der Waals surface area contributed by atoms with Crippen molar-refractivity contribution in [3.05, 3.63) is 0 Å². The fourth-order valence-electron chi connectivity index (χ4n) is 5.85. The van der Waals surface area contributed by atoms with Crippen molar-refractivity contribution in [2.24, 2.45) is 11.3 Å². The number of piperidine rings is 1. The predicted octanol–water partition coefficient (Wildman–Crippen LogP) is 3.51. The molecule has 1 aliphatic carbocycles. The molecule has 0 aromatic heterocycles. The van der Waals surface area contributed by atoms with Gasteiger partial charge in [-0.1, -0.05) is 40.0 Å². The van der Waals surface area contributed by atoms with Gasteiger partial charge in [0.15, 0.2) is 0 Å². The van der Waals surface area contributed by atoms with Crippen molar-refractivity contribution in [2.75, 3.05) is 45.8 Å². The number of amides is 2. The van der Waals surface area contributed by atoms with Crippen molar-refractivity contribution < 1.29 is 9.59 Å². The third kappa shape index (κ3) is 7.44. The van der Waals surface area contributed by atoms with Crippen molar-refractivity contribution in [3.63, 3.8) is 0 Å². The second-order valence-electron chi connectivity index (χ2n) is 11.7. The smallest absolute Gasteiger partial charge is 0.237 e. The molecular formula is C26H48N4O2. The third-order valence-electron chi connectivity index (χ3n) is 7.72. The second-order valence-corrected chi connectivity index (χ2v) is 11.7. The molecule has 0 bridgehead atoms. The van der Waals surface area contributed by atoms with Crippen molar-refractivity contribution in [3.8, 4) is 0 Å². The molecule has 2 amide bonds. The van der Waals surface area contributed by atoms with E-state index in [1.807, 2.05) is 4.90 Å². The lowest BCUT2D eigenvalue weighted by molar-refractivity contribution is -0.136. The highest BCUT2D eigenvalue weighted by Crippen LogP contribution is 2.31. The van der Waals surface area contributed by atoms with E-state index in [0.29, 0.717) is 18.4 Å². The number of likely N-dealkylation sites (tertiary alicyclic amines) is 1. The number of hydrogen-bond donors (Lipinski definition) is 1. The molecule has 6 nitrogen and oxygen atoms in total. The van der Waals surface area contributed by atoms with Crippen LogP contribution in [-0.4, -0.2) is 84.4 Å². The minimum absolute atomic E-state index is 0.0203. The fraction of sp³-hybridized carbons (Fsp3) is 0.923. The first kappa shape index (κ1) is 25.5. The molecule has 0 unspecified atom stereocenters.